The van der Waals surface area contributed by atoms with Gasteiger partial charge >= 0.3 is 0 Å². The lowest BCUT2D eigenvalue weighted by atomic mass is 9.84. The minimum atomic E-state index is 0.441. The Morgan fingerprint density at radius 2 is 2.04 bits per heavy atom. The zero-order valence-corrected chi connectivity index (χ0v) is 17.0. The average molecular weight is 392 g/mol. The second-order valence-electron chi connectivity index (χ2n) is 7.05. The highest BCUT2D eigenvalue weighted by atomic mass is 32.2. The lowest BCUT2D eigenvalue weighted by Crippen LogP contribution is -2.39. The van der Waals surface area contributed by atoms with Crippen molar-refractivity contribution in [2.45, 2.75) is 25.4 Å². The predicted octanol–water partition coefficient (Wildman–Crippen LogP) is 5.63. The number of nitrogens with zero attached hydrogens (tertiary/aromatic N) is 1. The molecule has 4 heteroatoms. The van der Waals surface area contributed by atoms with E-state index in [0.717, 1.165) is 42.3 Å². The Bertz CT molecular complexity index is 934. The van der Waals surface area contributed by atoms with E-state index < -0.39 is 0 Å². The van der Waals surface area contributed by atoms with Gasteiger partial charge in [0, 0.05) is 29.6 Å². The van der Waals surface area contributed by atoms with Crippen molar-refractivity contribution in [3.05, 3.63) is 94.9 Å². The van der Waals surface area contributed by atoms with Crippen molar-refractivity contribution >= 4 is 12.0 Å². The van der Waals surface area contributed by atoms with E-state index in [9.17, 15) is 0 Å². The highest BCUT2D eigenvalue weighted by Gasteiger charge is 2.34. The van der Waals surface area contributed by atoms with Gasteiger partial charge in [-0.1, -0.05) is 55.6 Å². The molecule has 28 heavy (non-hydrogen) atoms. The SMILES string of the molecule is C=C/C=C(\C=C)SOc1c(OC)ccc2c1CN1CCc3ccccc3C1C2. The van der Waals surface area contributed by atoms with Crippen molar-refractivity contribution in [2.75, 3.05) is 13.7 Å². The van der Waals surface area contributed by atoms with Gasteiger partial charge in [0.2, 0.25) is 0 Å². The first-order valence-electron chi connectivity index (χ1n) is 9.55. The number of ether oxygens (including phenoxy) is 1. The van der Waals surface area contributed by atoms with Crippen LogP contribution in [0.4, 0.5) is 0 Å². The summed E-state index contributed by atoms with van der Waals surface area (Å²) in [4.78, 5) is 3.48. The molecule has 1 unspecified atom stereocenters. The van der Waals surface area contributed by atoms with Crippen LogP contribution in [0, 0.1) is 0 Å². The molecule has 0 saturated carbocycles. The first-order chi connectivity index (χ1) is 13.7. The fraction of sp³-hybridized carbons (Fsp3) is 0.250. The lowest BCUT2D eigenvalue weighted by Gasteiger charge is -2.41. The number of hydrogen-bond donors (Lipinski definition) is 0. The van der Waals surface area contributed by atoms with Crippen LogP contribution in [0.5, 0.6) is 11.5 Å². The summed E-state index contributed by atoms with van der Waals surface area (Å²) < 4.78 is 11.8. The molecule has 0 fully saturated rings. The quantitative estimate of drug-likeness (QED) is 0.470. The largest absolute Gasteiger partial charge is 0.493 e. The fourth-order valence-electron chi connectivity index (χ4n) is 4.14. The molecule has 1 atom stereocenters. The summed E-state index contributed by atoms with van der Waals surface area (Å²) in [6.45, 7) is 9.53. The summed E-state index contributed by atoms with van der Waals surface area (Å²) in [5.41, 5.74) is 5.51. The van der Waals surface area contributed by atoms with Gasteiger partial charge in [0.1, 0.15) is 0 Å². The molecule has 0 aliphatic carbocycles. The van der Waals surface area contributed by atoms with E-state index in [-0.39, 0.29) is 0 Å². The zero-order chi connectivity index (χ0) is 19.5. The van der Waals surface area contributed by atoms with Crippen LogP contribution in [-0.4, -0.2) is 18.6 Å². The second kappa shape index (κ2) is 8.29. The number of hydrogen-bond acceptors (Lipinski definition) is 4. The molecule has 2 aliphatic rings. The van der Waals surface area contributed by atoms with E-state index in [2.05, 4.69) is 48.4 Å². The number of methoxy groups -OCH3 is 1. The van der Waals surface area contributed by atoms with E-state index in [0.29, 0.717) is 6.04 Å². The maximum Gasteiger partial charge on any atom is 0.184 e. The Kier molecular flexibility index (Phi) is 5.60. The van der Waals surface area contributed by atoms with Crippen LogP contribution in [0.15, 0.2) is 72.7 Å². The van der Waals surface area contributed by atoms with Gasteiger partial charge in [-0.2, -0.15) is 0 Å². The number of fused-ring (bicyclic) bond motifs is 4. The molecular formula is C24H25NO2S. The van der Waals surface area contributed by atoms with Crippen LogP contribution in [0.3, 0.4) is 0 Å². The topological polar surface area (TPSA) is 21.7 Å². The second-order valence-corrected chi connectivity index (χ2v) is 7.85. The molecule has 0 aromatic heterocycles. The summed E-state index contributed by atoms with van der Waals surface area (Å²) in [5.74, 6) is 1.59. The number of allylic oxidation sites excluding steroid dienone is 3. The van der Waals surface area contributed by atoms with Crippen molar-refractivity contribution in [1.29, 1.82) is 0 Å². The molecule has 0 radical (unpaired) electrons. The Morgan fingerprint density at radius 1 is 1.18 bits per heavy atom. The molecule has 0 bridgehead atoms. The summed E-state index contributed by atoms with van der Waals surface area (Å²) in [5, 5.41) is 0. The van der Waals surface area contributed by atoms with Crippen LogP contribution in [-0.2, 0) is 19.4 Å². The maximum absolute atomic E-state index is 6.16. The van der Waals surface area contributed by atoms with Crippen LogP contribution >= 0.6 is 12.0 Å². The van der Waals surface area contributed by atoms with E-state index in [1.165, 1.54) is 34.3 Å². The van der Waals surface area contributed by atoms with Crippen molar-refractivity contribution < 1.29 is 8.92 Å². The van der Waals surface area contributed by atoms with Gasteiger partial charge in [-0.3, -0.25) is 4.90 Å². The highest BCUT2D eigenvalue weighted by Crippen LogP contribution is 2.45. The summed E-state index contributed by atoms with van der Waals surface area (Å²) >= 11 is 1.29. The normalized spacial score (nSPS) is 18.5. The van der Waals surface area contributed by atoms with Gasteiger partial charge in [-0.25, -0.2) is 0 Å². The first kappa shape index (κ1) is 18.9. The highest BCUT2D eigenvalue weighted by molar-refractivity contribution is 7.99. The van der Waals surface area contributed by atoms with Crippen LogP contribution < -0.4 is 8.92 Å². The van der Waals surface area contributed by atoms with Gasteiger partial charge < -0.3 is 8.92 Å². The molecule has 4 rings (SSSR count). The monoisotopic (exact) mass is 391 g/mol. The van der Waals surface area contributed by atoms with Crippen molar-refractivity contribution in [2.24, 2.45) is 0 Å². The molecule has 2 aromatic rings. The first-order valence-corrected chi connectivity index (χ1v) is 10.3. The molecule has 2 heterocycles. The zero-order valence-electron chi connectivity index (χ0n) is 16.2. The predicted molar refractivity (Wildman–Crippen MR) is 117 cm³/mol. The molecule has 0 N–H and O–H groups in total. The van der Waals surface area contributed by atoms with Gasteiger partial charge in [0.05, 0.1) is 19.2 Å². The third kappa shape index (κ3) is 3.50. The van der Waals surface area contributed by atoms with E-state index in [4.69, 9.17) is 8.92 Å². The molecule has 3 nitrogen and oxygen atoms in total. The summed E-state index contributed by atoms with van der Waals surface area (Å²) in [7, 11) is 1.69. The molecule has 0 spiro atoms. The molecule has 0 amide bonds. The summed E-state index contributed by atoms with van der Waals surface area (Å²) in [6, 6.07) is 13.5. The van der Waals surface area contributed by atoms with Crippen LogP contribution in [0.1, 0.15) is 28.3 Å². The Morgan fingerprint density at radius 3 is 2.82 bits per heavy atom. The van der Waals surface area contributed by atoms with Crippen molar-refractivity contribution in [1.82, 2.24) is 4.90 Å². The van der Waals surface area contributed by atoms with E-state index in [1.54, 1.807) is 19.3 Å². The Balaban J connectivity index is 1.67. The minimum absolute atomic E-state index is 0.441. The molecular weight excluding hydrogens is 366 g/mol. The standard InChI is InChI=1S/C24H25NO2S/c1-4-8-19(5-2)28-27-24-21-16-25-14-13-17-9-6-7-10-20(17)22(25)15-18(21)11-12-23(24)26-3/h4-12,22H,1-2,13-16H2,3H3/b19-8+. The van der Waals surface area contributed by atoms with Gasteiger partial charge in [-0.15, -0.1) is 0 Å². The third-order valence-electron chi connectivity index (χ3n) is 5.54. The maximum atomic E-state index is 6.16. The van der Waals surface area contributed by atoms with Crippen LogP contribution in [0.2, 0.25) is 0 Å². The molecule has 2 aromatic carbocycles. The third-order valence-corrected chi connectivity index (χ3v) is 6.29. The van der Waals surface area contributed by atoms with Gasteiger partial charge in [-0.05, 0) is 41.7 Å². The smallest absolute Gasteiger partial charge is 0.184 e. The van der Waals surface area contributed by atoms with Gasteiger partial charge in [0.25, 0.3) is 0 Å². The Hall–Kier alpha value is -2.43. The fourth-order valence-corrected chi connectivity index (χ4v) is 4.72. The molecule has 2 aliphatic heterocycles. The molecule has 0 saturated heterocycles. The Labute approximate surface area is 171 Å². The van der Waals surface area contributed by atoms with Gasteiger partial charge in [0.15, 0.2) is 11.5 Å². The number of rotatable bonds is 6. The minimum Gasteiger partial charge on any atom is -0.493 e. The van der Waals surface area contributed by atoms with Crippen molar-refractivity contribution in [3.8, 4) is 11.5 Å². The van der Waals surface area contributed by atoms with Crippen LogP contribution in [0.25, 0.3) is 0 Å². The average Bonchev–Trinajstić information content (AvgIpc) is 2.75. The summed E-state index contributed by atoms with van der Waals surface area (Å²) in [6.07, 6.45) is 7.48. The molecule has 144 valence electrons. The van der Waals surface area contributed by atoms with Crippen molar-refractivity contribution in [3.63, 3.8) is 0 Å². The lowest BCUT2D eigenvalue weighted by molar-refractivity contribution is 0.159. The number of benzene rings is 2. The van der Waals surface area contributed by atoms with E-state index in [1.807, 2.05) is 12.1 Å². The van der Waals surface area contributed by atoms with E-state index >= 15 is 0 Å².